The number of hydrogen-bond acceptors (Lipinski definition) is 4. The van der Waals surface area contributed by atoms with Crippen LogP contribution < -0.4 is 15.8 Å². The van der Waals surface area contributed by atoms with Gasteiger partial charge in [-0.05, 0) is 36.6 Å². The van der Waals surface area contributed by atoms with Crippen molar-refractivity contribution in [3.05, 3.63) is 81.7 Å². The number of primary amides is 1. The van der Waals surface area contributed by atoms with E-state index in [4.69, 9.17) is 10.5 Å². The Labute approximate surface area is 168 Å². The van der Waals surface area contributed by atoms with Crippen molar-refractivity contribution in [2.45, 2.75) is 20.3 Å². The van der Waals surface area contributed by atoms with Crippen LogP contribution in [0.15, 0.2) is 54.6 Å². The van der Waals surface area contributed by atoms with Crippen LogP contribution in [0.3, 0.4) is 0 Å². The van der Waals surface area contributed by atoms with E-state index in [0.29, 0.717) is 22.7 Å². The largest absolute Gasteiger partial charge is 0.483 e. The third kappa shape index (κ3) is 4.58. The smallest absolute Gasteiger partial charge is 0.262 e. The summed E-state index contributed by atoms with van der Waals surface area (Å²) in [4.78, 5) is 25.3. The maximum Gasteiger partial charge on any atom is 0.262 e. The van der Waals surface area contributed by atoms with Crippen molar-refractivity contribution < 1.29 is 14.3 Å². The normalized spacial score (nSPS) is 10.5. The maximum atomic E-state index is 12.4. The molecule has 144 valence electrons. The van der Waals surface area contributed by atoms with E-state index in [1.807, 2.05) is 68.4 Å². The van der Waals surface area contributed by atoms with Gasteiger partial charge in [0.05, 0.1) is 5.56 Å². The second kappa shape index (κ2) is 8.71. The van der Waals surface area contributed by atoms with Crippen LogP contribution in [0.2, 0.25) is 0 Å². The van der Waals surface area contributed by atoms with Gasteiger partial charge in [-0.25, -0.2) is 0 Å². The Morgan fingerprint density at radius 1 is 1.04 bits per heavy atom. The van der Waals surface area contributed by atoms with Crippen LogP contribution in [-0.2, 0) is 11.2 Å². The Balaban J connectivity index is 1.75. The fourth-order valence-corrected chi connectivity index (χ4v) is 4.18. The summed E-state index contributed by atoms with van der Waals surface area (Å²) in [5.74, 6) is -0.235. The molecule has 28 heavy (non-hydrogen) atoms. The number of aryl methyl sites for hydroxylation is 1. The second-order valence-electron chi connectivity index (χ2n) is 6.48. The Bertz CT molecular complexity index is 996. The van der Waals surface area contributed by atoms with Gasteiger partial charge in [0.25, 0.3) is 11.8 Å². The first-order valence-corrected chi connectivity index (χ1v) is 9.71. The molecule has 0 spiro atoms. The molecule has 0 atom stereocenters. The van der Waals surface area contributed by atoms with E-state index >= 15 is 0 Å². The molecule has 3 aromatic rings. The highest BCUT2D eigenvalue weighted by atomic mass is 32.1. The van der Waals surface area contributed by atoms with Gasteiger partial charge in [-0.3, -0.25) is 9.59 Å². The van der Waals surface area contributed by atoms with Gasteiger partial charge in [0.2, 0.25) is 0 Å². The van der Waals surface area contributed by atoms with Crippen molar-refractivity contribution in [3.63, 3.8) is 0 Å². The van der Waals surface area contributed by atoms with Crippen LogP contribution in [0.5, 0.6) is 5.75 Å². The summed E-state index contributed by atoms with van der Waals surface area (Å²) in [6.45, 7) is 3.62. The minimum absolute atomic E-state index is 0.145. The average Bonchev–Trinajstić information content (AvgIpc) is 2.97. The highest BCUT2D eigenvalue weighted by molar-refractivity contribution is 7.17. The number of benzene rings is 2. The molecular weight excluding hydrogens is 372 g/mol. The lowest BCUT2D eigenvalue weighted by atomic mass is 10.1. The van der Waals surface area contributed by atoms with Gasteiger partial charge in [-0.15, -0.1) is 11.3 Å². The lowest BCUT2D eigenvalue weighted by Gasteiger charge is -2.09. The Morgan fingerprint density at radius 3 is 2.39 bits per heavy atom. The highest BCUT2D eigenvalue weighted by Gasteiger charge is 2.21. The number of para-hydroxylation sites is 1. The molecule has 0 aliphatic heterocycles. The molecule has 0 fully saturated rings. The Kier molecular flexibility index (Phi) is 6.11. The zero-order valence-electron chi connectivity index (χ0n) is 15.8. The molecule has 2 amide bonds. The fraction of sp³-hybridized carbons (Fsp3) is 0.182. The van der Waals surface area contributed by atoms with Gasteiger partial charge in [0.1, 0.15) is 10.8 Å². The summed E-state index contributed by atoms with van der Waals surface area (Å²) in [5, 5.41) is 3.25. The highest BCUT2D eigenvalue weighted by Crippen LogP contribution is 2.34. The Hall–Kier alpha value is -3.12. The molecule has 1 aromatic heterocycles. The molecule has 0 radical (unpaired) electrons. The summed E-state index contributed by atoms with van der Waals surface area (Å²) in [6, 6.07) is 17.4. The molecule has 6 heteroatoms. The van der Waals surface area contributed by atoms with Gasteiger partial charge in [0, 0.05) is 11.3 Å². The minimum Gasteiger partial charge on any atom is -0.483 e. The van der Waals surface area contributed by atoms with Gasteiger partial charge in [-0.2, -0.15) is 0 Å². The molecule has 0 saturated carbocycles. The molecular formula is C22H22N2O3S. The molecule has 3 rings (SSSR count). The van der Waals surface area contributed by atoms with Crippen molar-refractivity contribution in [1.29, 1.82) is 0 Å². The topological polar surface area (TPSA) is 81.4 Å². The number of nitrogens with one attached hydrogen (secondary N) is 1. The summed E-state index contributed by atoms with van der Waals surface area (Å²) < 4.78 is 5.58. The zero-order valence-corrected chi connectivity index (χ0v) is 16.6. The number of hydrogen-bond donors (Lipinski definition) is 2. The predicted octanol–water partition coefficient (Wildman–Crippen LogP) is 4.07. The summed E-state index contributed by atoms with van der Waals surface area (Å²) in [7, 11) is 0. The summed E-state index contributed by atoms with van der Waals surface area (Å²) >= 11 is 1.37. The maximum absolute atomic E-state index is 12.4. The SMILES string of the molecule is Cc1ccccc1OCC(=O)Nc1sc(Cc2ccccc2)c(C)c1C(N)=O. The standard InChI is InChI=1S/C22H22N2O3S/c1-14-8-6-7-11-17(14)27-13-19(25)24-22-20(21(23)26)15(2)18(28-22)12-16-9-4-3-5-10-16/h3-11H,12-13H2,1-2H3,(H2,23,26)(H,24,25). The first-order chi connectivity index (χ1) is 13.5. The monoisotopic (exact) mass is 394 g/mol. The lowest BCUT2D eigenvalue weighted by Crippen LogP contribution is -2.22. The van der Waals surface area contributed by atoms with Gasteiger partial charge >= 0.3 is 0 Å². The van der Waals surface area contributed by atoms with Crippen LogP contribution in [0, 0.1) is 13.8 Å². The van der Waals surface area contributed by atoms with Crippen molar-refractivity contribution in [3.8, 4) is 5.75 Å². The van der Waals surface area contributed by atoms with Crippen molar-refractivity contribution in [2.24, 2.45) is 5.73 Å². The number of carbonyl (C=O) groups excluding carboxylic acids is 2. The van der Waals surface area contributed by atoms with E-state index in [1.54, 1.807) is 0 Å². The quantitative estimate of drug-likeness (QED) is 0.634. The molecule has 0 aliphatic carbocycles. The third-order valence-corrected chi connectivity index (χ3v) is 5.61. The van der Waals surface area contributed by atoms with Crippen LogP contribution >= 0.6 is 11.3 Å². The van der Waals surface area contributed by atoms with E-state index in [2.05, 4.69) is 5.32 Å². The van der Waals surface area contributed by atoms with Crippen LogP contribution in [-0.4, -0.2) is 18.4 Å². The van der Waals surface area contributed by atoms with Crippen LogP contribution in [0.25, 0.3) is 0 Å². The lowest BCUT2D eigenvalue weighted by molar-refractivity contribution is -0.118. The number of rotatable bonds is 7. The van der Waals surface area contributed by atoms with Crippen LogP contribution in [0.1, 0.15) is 31.9 Å². The molecule has 3 N–H and O–H groups in total. The van der Waals surface area contributed by atoms with Crippen molar-refractivity contribution >= 4 is 28.2 Å². The van der Waals surface area contributed by atoms with Crippen LogP contribution in [0.4, 0.5) is 5.00 Å². The molecule has 0 saturated heterocycles. The van der Waals surface area contributed by atoms with Gasteiger partial charge in [-0.1, -0.05) is 48.5 Å². The van der Waals surface area contributed by atoms with Gasteiger partial charge in [0.15, 0.2) is 6.61 Å². The van der Waals surface area contributed by atoms with E-state index < -0.39 is 5.91 Å². The average molecular weight is 394 g/mol. The summed E-state index contributed by atoms with van der Waals surface area (Å²) in [5.41, 5.74) is 8.81. The van der Waals surface area contributed by atoms with Crippen molar-refractivity contribution in [1.82, 2.24) is 0 Å². The van der Waals surface area contributed by atoms with E-state index in [0.717, 1.165) is 21.6 Å². The molecule has 2 aromatic carbocycles. The Morgan fingerprint density at radius 2 is 1.71 bits per heavy atom. The summed E-state index contributed by atoms with van der Waals surface area (Å²) in [6.07, 6.45) is 0.674. The number of thiophene rings is 1. The fourth-order valence-electron chi connectivity index (χ4n) is 2.92. The predicted molar refractivity (Wildman–Crippen MR) is 112 cm³/mol. The number of amides is 2. The van der Waals surface area contributed by atoms with E-state index in [1.165, 1.54) is 11.3 Å². The molecule has 0 aliphatic rings. The minimum atomic E-state index is -0.553. The van der Waals surface area contributed by atoms with E-state index in [-0.39, 0.29) is 12.5 Å². The number of nitrogens with two attached hydrogens (primary N) is 1. The number of ether oxygens (including phenoxy) is 1. The molecule has 0 bridgehead atoms. The molecule has 5 nitrogen and oxygen atoms in total. The third-order valence-electron chi connectivity index (χ3n) is 4.40. The van der Waals surface area contributed by atoms with Crippen molar-refractivity contribution in [2.75, 3.05) is 11.9 Å². The second-order valence-corrected chi connectivity index (χ2v) is 7.59. The first kappa shape index (κ1) is 19.6. The first-order valence-electron chi connectivity index (χ1n) is 8.90. The van der Waals surface area contributed by atoms with Gasteiger partial charge < -0.3 is 15.8 Å². The molecule has 1 heterocycles. The zero-order chi connectivity index (χ0) is 20.1. The molecule has 0 unspecified atom stereocenters. The number of anilines is 1. The van der Waals surface area contributed by atoms with E-state index in [9.17, 15) is 9.59 Å². The number of carbonyl (C=O) groups is 2.